The number of piperidine rings is 1. The maximum atomic E-state index is 13.3. The Kier molecular flexibility index (Phi) is 8.42. The molecule has 1 aromatic carbocycles. The number of benzene rings is 1. The second-order valence-corrected chi connectivity index (χ2v) is 11.4. The number of hydrogen-bond donors (Lipinski definition) is 3. The van der Waals surface area contributed by atoms with Crippen LogP contribution in [0, 0.1) is 0 Å². The monoisotopic (exact) mass is 504 g/mol. The molecule has 0 unspecified atom stereocenters. The van der Waals surface area contributed by atoms with Gasteiger partial charge in [-0.15, -0.1) is 0 Å². The van der Waals surface area contributed by atoms with Crippen molar-refractivity contribution in [2.75, 3.05) is 0 Å². The Bertz CT molecular complexity index is 1140. The van der Waals surface area contributed by atoms with E-state index in [1.54, 1.807) is 27.9 Å². The molecular weight excluding hydrogens is 467 g/mol. The van der Waals surface area contributed by atoms with Gasteiger partial charge in [0, 0.05) is 24.7 Å². The van der Waals surface area contributed by atoms with Crippen molar-refractivity contribution in [2.45, 2.75) is 102 Å². The number of fused-ring (bicyclic) bond motifs is 1. The van der Waals surface area contributed by atoms with Gasteiger partial charge in [-0.25, -0.2) is 9.55 Å². The fraction of sp³-hybridized carbons (Fsp3) is 0.640. The van der Waals surface area contributed by atoms with Crippen molar-refractivity contribution >= 4 is 24.7 Å². The number of amides is 1. The minimum absolute atomic E-state index is 0.356. The summed E-state index contributed by atoms with van der Waals surface area (Å²) in [5.74, 6) is -1.16. The van der Waals surface area contributed by atoms with Crippen molar-refractivity contribution < 1.29 is 19.1 Å². The van der Waals surface area contributed by atoms with Crippen LogP contribution in [0.3, 0.4) is 0 Å². The maximum Gasteiger partial charge on any atom is 0.430 e. The summed E-state index contributed by atoms with van der Waals surface area (Å²) in [5.41, 5.74) is -0.0691. The van der Waals surface area contributed by atoms with Gasteiger partial charge < -0.3 is 14.4 Å². The van der Waals surface area contributed by atoms with E-state index < -0.39 is 24.9 Å². The molecule has 1 amide bonds. The number of aryl methyl sites for hydroxylation is 1. The summed E-state index contributed by atoms with van der Waals surface area (Å²) in [6, 6.07) is 8.51. The smallest absolute Gasteiger partial charge is 0.308 e. The van der Waals surface area contributed by atoms with E-state index in [0.29, 0.717) is 35.7 Å². The molecule has 0 spiro atoms. The SMILES string of the molecule is C[C@@H]1CCC[C@H](CCn2c(=O)c(C(=O)NP(=O)(O)O)nc3ccccc32)N1C1CCCCCCC1. The molecular formula is C25H37N4O5P. The van der Waals surface area contributed by atoms with Gasteiger partial charge in [-0.05, 0) is 51.2 Å². The van der Waals surface area contributed by atoms with Crippen molar-refractivity contribution in [1.29, 1.82) is 0 Å². The van der Waals surface area contributed by atoms with Gasteiger partial charge in [0.1, 0.15) is 0 Å². The Labute approximate surface area is 206 Å². The zero-order valence-electron chi connectivity index (χ0n) is 20.4. The van der Waals surface area contributed by atoms with Crippen molar-refractivity contribution in [3.05, 3.63) is 40.3 Å². The minimum atomic E-state index is -4.85. The number of hydrogen-bond acceptors (Lipinski definition) is 5. The maximum absolute atomic E-state index is 13.3. The Morgan fingerprint density at radius 2 is 1.74 bits per heavy atom. The van der Waals surface area contributed by atoms with Crippen LogP contribution in [0.2, 0.25) is 0 Å². The van der Waals surface area contributed by atoms with E-state index in [2.05, 4.69) is 16.8 Å². The Hall–Kier alpha value is -2.06. The molecule has 35 heavy (non-hydrogen) atoms. The first-order valence-corrected chi connectivity index (χ1v) is 14.5. The largest absolute Gasteiger partial charge is 0.430 e. The molecule has 1 aromatic heterocycles. The second kappa shape index (κ2) is 11.3. The van der Waals surface area contributed by atoms with Crippen molar-refractivity contribution in [3.8, 4) is 0 Å². The molecule has 0 radical (unpaired) electrons. The zero-order valence-corrected chi connectivity index (χ0v) is 21.3. The van der Waals surface area contributed by atoms with Gasteiger partial charge in [-0.3, -0.25) is 19.6 Å². The lowest BCUT2D eigenvalue weighted by Gasteiger charge is -2.46. The average molecular weight is 505 g/mol. The summed E-state index contributed by atoms with van der Waals surface area (Å²) < 4.78 is 12.8. The van der Waals surface area contributed by atoms with Crippen LogP contribution in [0.15, 0.2) is 29.1 Å². The number of carbonyl (C=O) groups excluding carboxylic acids is 1. The molecule has 0 bridgehead atoms. The van der Waals surface area contributed by atoms with E-state index >= 15 is 0 Å². The van der Waals surface area contributed by atoms with E-state index in [0.717, 1.165) is 19.3 Å². The van der Waals surface area contributed by atoms with Crippen LogP contribution in [-0.4, -0.2) is 48.3 Å². The number of nitrogens with one attached hydrogen (secondary N) is 1. The summed E-state index contributed by atoms with van der Waals surface area (Å²) in [6.45, 7) is 2.74. The molecule has 1 aliphatic carbocycles. The van der Waals surface area contributed by atoms with E-state index in [4.69, 9.17) is 9.79 Å². The zero-order chi connectivity index (χ0) is 25.0. The first-order chi connectivity index (χ1) is 16.7. The number of aromatic nitrogens is 2. The van der Waals surface area contributed by atoms with Crippen molar-refractivity contribution in [2.24, 2.45) is 0 Å². The van der Waals surface area contributed by atoms with Gasteiger partial charge in [-0.2, -0.15) is 0 Å². The van der Waals surface area contributed by atoms with Gasteiger partial charge in [0.2, 0.25) is 0 Å². The summed E-state index contributed by atoms with van der Waals surface area (Å²) >= 11 is 0. The van der Waals surface area contributed by atoms with E-state index in [-0.39, 0.29) is 0 Å². The van der Waals surface area contributed by atoms with Crippen LogP contribution in [0.25, 0.3) is 11.0 Å². The predicted octanol–water partition coefficient (Wildman–Crippen LogP) is 3.97. The fourth-order valence-electron chi connectivity index (χ4n) is 6.02. The molecule has 3 N–H and O–H groups in total. The highest BCUT2D eigenvalue weighted by atomic mass is 31.2. The molecule has 1 aliphatic heterocycles. The number of carbonyl (C=O) groups is 1. The molecule has 2 atom stereocenters. The van der Waals surface area contributed by atoms with Crippen molar-refractivity contribution in [3.63, 3.8) is 0 Å². The van der Waals surface area contributed by atoms with Crippen LogP contribution in [0.1, 0.15) is 88.0 Å². The third kappa shape index (κ3) is 6.39. The van der Waals surface area contributed by atoms with Gasteiger partial charge in [0.05, 0.1) is 11.0 Å². The molecule has 1 saturated carbocycles. The number of para-hydroxylation sites is 2. The fourth-order valence-corrected chi connectivity index (χ4v) is 6.39. The third-order valence-electron chi connectivity index (χ3n) is 7.59. The Morgan fingerprint density at radius 1 is 1.06 bits per heavy atom. The highest BCUT2D eigenvalue weighted by molar-refractivity contribution is 7.50. The number of rotatable bonds is 6. The number of likely N-dealkylation sites (tertiary alicyclic amines) is 1. The molecule has 192 valence electrons. The summed E-state index contributed by atoms with van der Waals surface area (Å²) in [6.07, 6.45) is 13.2. The Balaban J connectivity index is 1.61. The van der Waals surface area contributed by atoms with Crippen LogP contribution < -0.4 is 10.6 Å². The van der Waals surface area contributed by atoms with Crippen LogP contribution in [0.5, 0.6) is 0 Å². The summed E-state index contributed by atoms with van der Waals surface area (Å²) in [4.78, 5) is 50.9. The lowest BCUT2D eigenvalue weighted by Crippen LogP contribution is -2.51. The summed E-state index contributed by atoms with van der Waals surface area (Å²) in [7, 11) is -4.85. The highest BCUT2D eigenvalue weighted by Gasteiger charge is 2.33. The Morgan fingerprint density at radius 3 is 2.46 bits per heavy atom. The molecule has 9 nitrogen and oxygen atoms in total. The first-order valence-electron chi connectivity index (χ1n) is 12.9. The molecule has 2 aliphatic rings. The second-order valence-electron chi connectivity index (χ2n) is 10.1. The molecule has 1 saturated heterocycles. The lowest BCUT2D eigenvalue weighted by atomic mass is 9.87. The van der Waals surface area contributed by atoms with Gasteiger partial charge in [0.15, 0.2) is 5.69 Å². The normalized spacial score (nSPS) is 23.1. The lowest BCUT2D eigenvalue weighted by molar-refractivity contribution is 0.0279. The quantitative estimate of drug-likeness (QED) is 0.509. The van der Waals surface area contributed by atoms with Gasteiger partial charge in [0.25, 0.3) is 11.5 Å². The van der Waals surface area contributed by atoms with E-state index in [9.17, 15) is 14.2 Å². The molecule has 2 heterocycles. The topological polar surface area (TPSA) is 125 Å². The van der Waals surface area contributed by atoms with Crippen LogP contribution in [0.4, 0.5) is 0 Å². The first kappa shape index (κ1) is 26.0. The average Bonchev–Trinajstić information content (AvgIpc) is 2.77. The molecule has 2 fully saturated rings. The molecule has 4 rings (SSSR count). The third-order valence-corrected chi connectivity index (χ3v) is 8.08. The molecule has 2 aromatic rings. The minimum Gasteiger partial charge on any atom is -0.308 e. The number of nitrogens with zero attached hydrogens (tertiary/aromatic N) is 3. The summed E-state index contributed by atoms with van der Waals surface area (Å²) in [5, 5.41) is 1.58. The van der Waals surface area contributed by atoms with E-state index in [1.807, 2.05) is 6.07 Å². The molecule has 10 heteroatoms. The predicted molar refractivity (Wildman–Crippen MR) is 135 cm³/mol. The van der Waals surface area contributed by atoms with Gasteiger partial charge >= 0.3 is 7.75 Å². The van der Waals surface area contributed by atoms with Crippen LogP contribution >= 0.6 is 7.75 Å². The van der Waals surface area contributed by atoms with E-state index in [1.165, 1.54) is 51.4 Å². The van der Waals surface area contributed by atoms with Gasteiger partial charge in [-0.1, -0.05) is 50.7 Å². The highest BCUT2D eigenvalue weighted by Crippen LogP contribution is 2.33. The van der Waals surface area contributed by atoms with Crippen LogP contribution in [-0.2, 0) is 11.1 Å². The standard InChI is InChI=1S/C25H37N4O5P/c1-18-10-9-13-20(29(18)19-11-5-3-2-4-6-12-19)16-17-28-22-15-8-7-14-21(22)26-23(25(28)31)24(30)27-35(32,33)34/h7-8,14-15,18-20H,2-6,9-13,16-17H2,1H3,(H3,27,30,32,33,34)/t18-,20-/m1/s1. The van der Waals surface area contributed by atoms with Crippen molar-refractivity contribution in [1.82, 2.24) is 19.5 Å².